The zero-order valence-corrected chi connectivity index (χ0v) is 18.6. The van der Waals surface area contributed by atoms with Crippen LogP contribution in [0.3, 0.4) is 0 Å². The lowest BCUT2D eigenvalue weighted by molar-refractivity contribution is -0.385. The Morgan fingerprint density at radius 3 is 2.32 bits per heavy atom. The van der Waals surface area contributed by atoms with Crippen molar-refractivity contribution >= 4 is 28.9 Å². The van der Waals surface area contributed by atoms with Crippen LogP contribution in [0.15, 0.2) is 66.7 Å². The number of nitro benzene ring substituents is 1. The van der Waals surface area contributed by atoms with Crippen LogP contribution in [0.2, 0.25) is 0 Å². The van der Waals surface area contributed by atoms with Crippen LogP contribution in [-0.2, 0) is 4.79 Å². The summed E-state index contributed by atoms with van der Waals surface area (Å²) < 4.78 is 15.7. The Kier molecular flexibility index (Phi) is 8.01. The number of carbonyl (C=O) groups excluding carboxylic acids is 2. The van der Waals surface area contributed by atoms with Crippen molar-refractivity contribution in [1.29, 1.82) is 0 Å². The van der Waals surface area contributed by atoms with Gasteiger partial charge in [0.25, 0.3) is 11.8 Å². The topological polar surface area (TPSA) is 129 Å². The first-order valence-corrected chi connectivity index (χ1v) is 10.3. The smallest absolute Gasteiger partial charge is 0.314 e. The van der Waals surface area contributed by atoms with Crippen LogP contribution in [0.5, 0.6) is 17.2 Å². The van der Waals surface area contributed by atoms with Gasteiger partial charge in [-0.1, -0.05) is 12.1 Å². The maximum absolute atomic E-state index is 12.8. The zero-order chi connectivity index (χ0) is 24.5. The second-order valence-corrected chi connectivity index (χ2v) is 6.88. The number of ether oxygens (including phenoxy) is 3. The van der Waals surface area contributed by atoms with Gasteiger partial charge in [0.05, 0.1) is 36.0 Å². The van der Waals surface area contributed by atoms with E-state index in [4.69, 9.17) is 14.2 Å². The number of nitrogens with one attached hydrogen (secondary N) is 2. The number of anilines is 2. The SMILES string of the molecule is CCOc1ccc(NC(=O)c2ccccc2NC(=O)COc2ccc(OC)cc2[N+](=O)[O-])cc1. The second-order valence-electron chi connectivity index (χ2n) is 6.88. The molecule has 10 nitrogen and oxygen atoms in total. The molecule has 3 rings (SSSR count). The number of nitro groups is 1. The van der Waals surface area contributed by atoms with Gasteiger partial charge in [0.15, 0.2) is 12.4 Å². The highest BCUT2D eigenvalue weighted by Gasteiger charge is 2.19. The molecular formula is C24H23N3O7. The number of nitrogens with zero attached hydrogens (tertiary/aromatic N) is 1. The molecule has 0 saturated heterocycles. The molecule has 0 unspecified atom stereocenters. The number of rotatable bonds is 10. The number of benzene rings is 3. The molecule has 0 aromatic heterocycles. The maximum Gasteiger partial charge on any atom is 0.314 e. The Hall–Kier alpha value is -4.60. The fraction of sp³-hybridized carbons (Fsp3) is 0.167. The summed E-state index contributed by atoms with van der Waals surface area (Å²) in [5.74, 6) is -0.123. The Morgan fingerprint density at radius 1 is 0.941 bits per heavy atom. The van der Waals surface area contributed by atoms with E-state index in [-0.39, 0.29) is 28.4 Å². The van der Waals surface area contributed by atoms with Crippen LogP contribution in [0.1, 0.15) is 17.3 Å². The predicted octanol–water partition coefficient (Wildman–Crippen LogP) is 4.27. The summed E-state index contributed by atoms with van der Waals surface area (Å²) in [7, 11) is 1.39. The summed E-state index contributed by atoms with van der Waals surface area (Å²) in [5.41, 5.74) is 0.732. The Morgan fingerprint density at radius 2 is 1.65 bits per heavy atom. The number of hydrogen-bond donors (Lipinski definition) is 2. The predicted molar refractivity (Wildman–Crippen MR) is 126 cm³/mol. The van der Waals surface area contributed by atoms with Crippen LogP contribution in [-0.4, -0.2) is 37.1 Å². The zero-order valence-electron chi connectivity index (χ0n) is 18.6. The molecule has 0 radical (unpaired) electrons. The molecule has 10 heteroatoms. The van der Waals surface area contributed by atoms with E-state index < -0.39 is 23.3 Å². The minimum atomic E-state index is -0.629. The molecule has 34 heavy (non-hydrogen) atoms. The van der Waals surface area contributed by atoms with Gasteiger partial charge in [-0.2, -0.15) is 0 Å². The molecule has 0 saturated carbocycles. The van der Waals surface area contributed by atoms with Gasteiger partial charge >= 0.3 is 5.69 Å². The molecule has 0 aliphatic rings. The molecule has 0 heterocycles. The van der Waals surface area contributed by atoms with Gasteiger partial charge in [-0.05, 0) is 55.5 Å². The number of para-hydroxylation sites is 1. The molecule has 3 aromatic rings. The van der Waals surface area contributed by atoms with Crippen molar-refractivity contribution in [2.45, 2.75) is 6.92 Å². The largest absolute Gasteiger partial charge is 0.496 e. The Bertz CT molecular complexity index is 1180. The molecule has 2 amide bonds. The van der Waals surface area contributed by atoms with Gasteiger partial charge in [-0.25, -0.2) is 0 Å². The van der Waals surface area contributed by atoms with Gasteiger partial charge in [0, 0.05) is 5.69 Å². The Labute approximate surface area is 195 Å². The highest BCUT2D eigenvalue weighted by atomic mass is 16.6. The molecule has 0 aliphatic heterocycles. The number of methoxy groups -OCH3 is 1. The third-order valence-electron chi connectivity index (χ3n) is 4.59. The third kappa shape index (κ3) is 6.22. The summed E-state index contributed by atoms with van der Waals surface area (Å²) in [4.78, 5) is 35.9. The van der Waals surface area contributed by atoms with Crippen molar-refractivity contribution in [2.24, 2.45) is 0 Å². The lowest BCUT2D eigenvalue weighted by Crippen LogP contribution is -2.23. The molecule has 176 valence electrons. The van der Waals surface area contributed by atoms with Crippen LogP contribution >= 0.6 is 0 Å². The lowest BCUT2D eigenvalue weighted by atomic mass is 10.1. The second kappa shape index (κ2) is 11.3. The van der Waals surface area contributed by atoms with Crippen molar-refractivity contribution in [2.75, 3.05) is 31.0 Å². The molecule has 0 aliphatic carbocycles. The molecule has 0 spiro atoms. The fourth-order valence-corrected chi connectivity index (χ4v) is 3.01. The van der Waals surface area contributed by atoms with E-state index >= 15 is 0 Å². The van der Waals surface area contributed by atoms with Crippen LogP contribution in [0.25, 0.3) is 0 Å². The summed E-state index contributed by atoms with van der Waals surface area (Å²) in [6, 6.07) is 17.4. The van der Waals surface area contributed by atoms with Crippen molar-refractivity contribution in [3.8, 4) is 17.2 Å². The summed E-state index contributed by atoms with van der Waals surface area (Å²) in [6.07, 6.45) is 0. The van der Waals surface area contributed by atoms with Gasteiger partial charge < -0.3 is 24.8 Å². The van der Waals surface area contributed by atoms with Gasteiger partial charge in [0.1, 0.15) is 11.5 Å². The average molecular weight is 465 g/mol. The first-order valence-electron chi connectivity index (χ1n) is 10.3. The van der Waals surface area contributed by atoms with Crippen molar-refractivity contribution < 1.29 is 28.7 Å². The summed E-state index contributed by atoms with van der Waals surface area (Å²) in [5, 5.41) is 16.6. The van der Waals surface area contributed by atoms with Gasteiger partial charge in [0.2, 0.25) is 0 Å². The molecule has 2 N–H and O–H groups in total. The quantitative estimate of drug-likeness (QED) is 0.338. The first-order chi connectivity index (χ1) is 16.4. The van der Waals surface area contributed by atoms with Crippen LogP contribution in [0, 0.1) is 10.1 Å². The highest BCUT2D eigenvalue weighted by Crippen LogP contribution is 2.31. The maximum atomic E-state index is 12.8. The normalized spacial score (nSPS) is 10.2. The van der Waals surface area contributed by atoms with Gasteiger partial charge in [-0.15, -0.1) is 0 Å². The van der Waals surface area contributed by atoms with E-state index in [1.54, 1.807) is 48.5 Å². The standard InChI is InChI=1S/C24H23N3O7/c1-3-33-17-10-8-16(9-11-17)25-24(29)19-6-4-5-7-20(19)26-23(28)15-34-22-13-12-18(32-2)14-21(22)27(30)31/h4-14H,3,15H2,1-2H3,(H,25,29)(H,26,28). The number of hydrogen-bond acceptors (Lipinski definition) is 7. The molecule has 0 fully saturated rings. The Balaban J connectivity index is 1.66. The minimum Gasteiger partial charge on any atom is -0.496 e. The number of carbonyl (C=O) groups is 2. The van der Waals surface area contributed by atoms with Crippen molar-refractivity contribution in [3.05, 3.63) is 82.4 Å². The first kappa shape index (κ1) is 24.1. The minimum absolute atomic E-state index is 0.0810. The average Bonchev–Trinajstić information content (AvgIpc) is 2.84. The molecule has 0 atom stereocenters. The van der Waals surface area contributed by atoms with Crippen molar-refractivity contribution in [3.63, 3.8) is 0 Å². The van der Waals surface area contributed by atoms with E-state index in [9.17, 15) is 19.7 Å². The van der Waals surface area contributed by atoms with E-state index in [2.05, 4.69) is 10.6 Å². The van der Waals surface area contributed by atoms with Crippen molar-refractivity contribution in [1.82, 2.24) is 0 Å². The third-order valence-corrected chi connectivity index (χ3v) is 4.59. The highest BCUT2D eigenvalue weighted by molar-refractivity contribution is 6.10. The molecular weight excluding hydrogens is 442 g/mol. The van der Waals surface area contributed by atoms with Crippen LogP contribution < -0.4 is 24.8 Å². The van der Waals surface area contributed by atoms with E-state index in [0.29, 0.717) is 18.0 Å². The summed E-state index contributed by atoms with van der Waals surface area (Å²) >= 11 is 0. The number of amides is 2. The molecule has 0 bridgehead atoms. The lowest BCUT2D eigenvalue weighted by Gasteiger charge is -2.12. The van der Waals surface area contributed by atoms with E-state index in [1.807, 2.05) is 6.92 Å². The van der Waals surface area contributed by atoms with E-state index in [0.717, 1.165) is 0 Å². The molecule has 3 aromatic carbocycles. The fourth-order valence-electron chi connectivity index (χ4n) is 3.01. The van der Waals surface area contributed by atoms with Gasteiger partial charge in [-0.3, -0.25) is 19.7 Å². The van der Waals surface area contributed by atoms with Crippen LogP contribution in [0.4, 0.5) is 17.1 Å². The van der Waals surface area contributed by atoms with E-state index in [1.165, 1.54) is 25.3 Å². The summed E-state index contributed by atoms with van der Waals surface area (Å²) in [6.45, 7) is 1.92. The monoisotopic (exact) mass is 465 g/mol.